The first-order valence-corrected chi connectivity index (χ1v) is 9.48. The summed E-state index contributed by atoms with van der Waals surface area (Å²) in [6.45, 7) is 1.95. The monoisotopic (exact) mass is 386 g/mol. The summed E-state index contributed by atoms with van der Waals surface area (Å²) in [5, 5.41) is 21.5. The second-order valence-corrected chi connectivity index (χ2v) is 7.05. The maximum Gasteiger partial charge on any atom is 0.268 e. The fraction of sp³-hybridized carbons (Fsp3) is 0.176. The molecular formula is C17H14N4O3S2. The van der Waals surface area contributed by atoms with Gasteiger partial charge in [-0.05, 0) is 30.7 Å². The molecule has 3 aromatic heterocycles. The Hall–Kier alpha value is -2.83. The number of hydrogen-bond donors (Lipinski definition) is 1. The van der Waals surface area contributed by atoms with Crippen molar-refractivity contribution in [3.8, 4) is 6.07 Å². The van der Waals surface area contributed by atoms with Crippen LogP contribution in [0.5, 0.6) is 0 Å². The molecule has 132 valence electrons. The number of rotatable bonds is 7. The molecule has 0 bridgehead atoms. The SMILES string of the molecule is CCc1nnc(NC(=O)/C(C#N)=C\c2ccc(SCc3ccco3)o2)s1. The van der Waals surface area contributed by atoms with Gasteiger partial charge in [0.1, 0.15) is 28.2 Å². The number of carbonyl (C=O) groups is 1. The van der Waals surface area contributed by atoms with Gasteiger partial charge in [-0.25, -0.2) is 0 Å². The van der Waals surface area contributed by atoms with Gasteiger partial charge in [0.15, 0.2) is 5.09 Å². The number of nitriles is 1. The van der Waals surface area contributed by atoms with Gasteiger partial charge in [0.2, 0.25) is 5.13 Å². The molecule has 1 N–H and O–H groups in total. The molecule has 1 amide bonds. The first kappa shape index (κ1) is 18.0. The number of hydrogen-bond acceptors (Lipinski definition) is 8. The fourth-order valence-corrected chi connectivity index (χ4v) is 3.37. The average molecular weight is 386 g/mol. The molecule has 0 aliphatic heterocycles. The lowest BCUT2D eigenvalue weighted by molar-refractivity contribution is -0.112. The zero-order chi connectivity index (χ0) is 18.4. The Morgan fingerprint density at radius 2 is 2.31 bits per heavy atom. The van der Waals surface area contributed by atoms with E-state index in [4.69, 9.17) is 8.83 Å². The minimum atomic E-state index is -0.549. The number of thioether (sulfide) groups is 1. The van der Waals surface area contributed by atoms with Crippen LogP contribution in [0.4, 0.5) is 5.13 Å². The van der Waals surface area contributed by atoms with E-state index in [2.05, 4.69) is 15.5 Å². The average Bonchev–Trinajstić information content (AvgIpc) is 3.39. The predicted molar refractivity (Wildman–Crippen MR) is 98.5 cm³/mol. The minimum Gasteiger partial charge on any atom is -0.468 e. The van der Waals surface area contributed by atoms with Crippen LogP contribution in [0.25, 0.3) is 6.08 Å². The number of aromatic nitrogens is 2. The second-order valence-electron chi connectivity index (χ2n) is 5.00. The van der Waals surface area contributed by atoms with Crippen molar-refractivity contribution in [1.82, 2.24) is 10.2 Å². The third kappa shape index (κ3) is 4.62. The predicted octanol–water partition coefficient (Wildman–Crippen LogP) is 4.12. The number of carbonyl (C=O) groups excluding carboxylic acids is 1. The normalized spacial score (nSPS) is 11.3. The van der Waals surface area contributed by atoms with Gasteiger partial charge >= 0.3 is 0 Å². The molecule has 0 radical (unpaired) electrons. The van der Waals surface area contributed by atoms with Crippen molar-refractivity contribution in [3.63, 3.8) is 0 Å². The summed E-state index contributed by atoms with van der Waals surface area (Å²) in [5.74, 6) is 1.34. The molecule has 0 aromatic carbocycles. The number of anilines is 1. The molecule has 9 heteroatoms. The van der Waals surface area contributed by atoms with Crippen molar-refractivity contribution in [2.24, 2.45) is 0 Å². The molecule has 0 saturated carbocycles. The van der Waals surface area contributed by atoms with Gasteiger partial charge in [0, 0.05) is 6.08 Å². The van der Waals surface area contributed by atoms with E-state index in [-0.39, 0.29) is 5.57 Å². The van der Waals surface area contributed by atoms with Gasteiger partial charge in [0.05, 0.1) is 12.0 Å². The van der Waals surface area contributed by atoms with Crippen LogP contribution in [0.3, 0.4) is 0 Å². The van der Waals surface area contributed by atoms with Gasteiger partial charge in [-0.15, -0.1) is 10.2 Å². The van der Waals surface area contributed by atoms with Gasteiger partial charge < -0.3 is 8.83 Å². The van der Waals surface area contributed by atoms with E-state index in [1.807, 2.05) is 25.1 Å². The smallest absolute Gasteiger partial charge is 0.268 e. The van der Waals surface area contributed by atoms with E-state index in [9.17, 15) is 10.1 Å². The third-order valence-electron chi connectivity index (χ3n) is 3.18. The Labute approximate surface area is 157 Å². The number of furan rings is 2. The molecule has 3 heterocycles. The molecule has 26 heavy (non-hydrogen) atoms. The summed E-state index contributed by atoms with van der Waals surface area (Å²) in [4.78, 5) is 12.2. The highest BCUT2D eigenvalue weighted by Gasteiger charge is 2.13. The lowest BCUT2D eigenvalue weighted by atomic mass is 10.2. The Morgan fingerprint density at radius 1 is 1.42 bits per heavy atom. The van der Waals surface area contributed by atoms with Crippen molar-refractivity contribution < 1.29 is 13.6 Å². The Kier molecular flexibility index (Phi) is 5.88. The molecule has 7 nitrogen and oxygen atoms in total. The van der Waals surface area contributed by atoms with Crippen LogP contribution in [0.15, 0.2) is 50.0 Å². The zero-order valence-electron chi connectivity index (χ0n) is 13.8. The van der Waals surface area contributed by atoms with Crippen LogP contribution in [-0.2, 0) is 17.0 Å². The molecule has 0 aliphatic carbocycles. The molecule has 0 fully saturated rings. The third-order valence-corrected chi connectivity index (χ3v) is 5.10. The van der Waals surface area contributed by atoms with Gasteiger partial charge in [0.25, 0.3) is 5.91 Å². The Balaban J connectivity index is 1.64. The molecule has 0 aliphatic rings. The second kappa shape index (κ2) is 8.51. The number of nitrogens with zero attached hydrogens (tertiary/aromatic N) is 3. The highest BCUT2D eigenvalue weighted by Crippen LogP contribution is 2.26. The van der Waals surface area contributed by atoms with Crippen molar-refractivity contribution >= 4 is 40.2 Å². The van der Waals surface area contributed by atoms with Crippen molar-refractivity contribution in [2.75, 3.05) is 5.32 Å². The van der Waals surface area contributed by atoms with E-state index >= 15 is 0 Å². The number of aryl methyl sites for hydroxylation is 1. The van der Waals surface area contributed by atoms with Crippen LogP contribution in [0.1, 0.15) is 23.5 Å². The molecule has 3 rings (SSSR count). The van der Waals surface area contributed by atoms with Crippen molar-refractivity contribution in [3.05, 3.63) is 52.6 Å². The van der Waals surface area contributed by atoms with E-state index < -0.39 is 5.91 Å². The highest BCUT2D eigenvalue weighted by atomic mass is 32.2. The lowest BCUT2D eigenvalue weighted by Gasteiger charge is -1.98. The Morgan fingerprint density at radius 3 is 3.00 bits per heavy atom. The summed E-state index contributed by atoms with van der Waals surface area (Å²) in [6.07, 6.45) is 3.75. The largest absolute Gasteiger partial charge is 0.468 e. The zero-order valence-corrected chi connectivity index (χ0v) is 15.4. The standard InChI is InChI=1S/C17H14N4O3S2/c1-2-14-20-21-17(26-14)19-16(22)11(9-18)8-12-5-6-15(24-12)25-10-13-4-3-7-23-13/h3-8H,2,10H2,1H3,(H,19,21,22)/b11-8-. The number of nitrogens with one attached hydrogen (secondary N) is 1. The summed E-state index contributed by atoms with van der Waals surface area (Å²) >= 11 is 2.74. The number of amides is 1. The molecular weight excluding hydrogens is 372 g/mol. The summed E-state index contributed by atoms with van der Waals surface area (Å²) < 4.78 is 10.9. The highest BCUT2D eigenvalue weighted by molar-refractivity contribution is 7.98. The first-order chi connectivity index (χ1) is 12.7. The van der Waals surface area contributed by atoms with Gasteiger partial charge in [-0.3, -0.25) is 10.1 Å². The van der Waals surface area contributed by atoms with E-state index in [0.29, 0.717) is 21.7 Å². The van der Waals surface area contributed by atoms with Crippen molar-refractivity contribution in [1.29, 1.82) is 5.26 Å². The molecule has 0 unspecified atom stereocenters. The molecule has 0 spiro atoms. The quantitative estimate of drug-likeness (QED) is 0.370. The topological polar surface area (TPSA) is 105 Å². The van der Waals surface area contributed by atoms with Crippen LogP contribution in [-0.4, -0.2) is 16.1 Å². The fourth-order valence-electron chi connectivity index (χ4n) is 1.93. The minimum absolute atomic E-state index is 0.0739. The Bertz CT molecular complexity index is 951. The van der Waals surface area contributed by atoms with Gasteiger partial charge in [-0.2, -0.15) is 5.26 Å². The van der Waals surface area contributed by atoms with E-state index in [1.165, 1.54) is 29.2 Å². The molecule has 0 atom stereocenters. The van der Waals surface area contributed by atoms with Gasteiger partial charge in [-0.1, -0.05) is 30.0 Å². The maximum atomic E-state index is 12.2. The van der Waals surface area contributed by atoms with Crippen LogP contribution in [0, 0.1) is 11.3 Å². The van der Waals surface area contributed by atoms with Crippen LogP contribution < -0.4 is 5.32 Å². The first-order valence-electron chi connectivity index (χ1n) is 7.68. The molecule has 3 aromatic rings. The van der Waals surface area contributed by atoms with Crippen LogP contribution >= 0.6 is 23.1 Å². The van der Waals surface area contributed by atoms with E-state index in [1.54, 1.807) is 18.4 Å². The maximum absolute atomic E-state index is 12.2. The summed E-state index contributed by atoms with van der Waals surface area (Å²) in [6, 6.07) is 9.07. The van der Waals surface area contributed by atoms with E-state index in [0.717, 1.165) is 17.2 Å². The summed E-state index contributed by atoms with van der Waals surface area (Å²) in [7, 11) is 0. The molecule has 0 saturated heterocycles. The van der Waals surface area contributed by atoms with Crippen LogP contribution in [0.2, 0.25) is 0 Å². The van der Waals surface area contributed by atoms with Crippen molar-refractivity contribution in [2.45, 2.75) is 24.2 Å². The summed E-state index contributed by atoms with van der Waals surface area (Å²) in [5.41, 5.74) is -0.0739. The lowest BCUT2D eigenvalue weighted by Crippen LogP contribution is -2.13.